The van der Waals surface area contributed by atoms with Crippen molar-refractivity contribution in [1.29, 1.82) is 0 Å². The average molecular weight is 667 g/mol. The molecule has 0 aliphatic rings. The first kappa shape index (κ1) is 34.7. The van der Waals surface area contributed by atoms with Gasteiger partial charge in [0.05, 0.1) is 22.1 Å². The van der Waals surface area contributed by atoms with E-state index in [4.69, 9.17) is 23.2 Å². The number of hydrogen-bond donors (Lipinski definition) is 0. The van der Waals surface area contributed by atoms with Gasteiger partial charge in [-0.1, -0.05) is 23.2 Å². The van der Waals surface area contributed by atoms with Crippen molar-refractivity contribution in [1.82, 2.24) is 9.13 Å². The first-order chi connectivity index (χ1) is 18.7. The fraction of sp³-hybridized carbons (Fsp3) is 0.0417. The second-order valence-corrected chi connectivity index (χ2v) is 11.6. The molecule has 3 aromatic carbocycles. The van der Waals surface area contributed by atoms with Crippen LogP contribution in [0, 0.1) is 0 Å². The van der Waals surface area contributed by atoms with E-state index in [0.29, 0.717) is 4.57 Å². The summed E-state index contributed by atoms with van der Waals surface area (Å²) in [4.78, 5) is 65.4. The van der Waals surface area contributed by atoms with Gasteiger partial charge in [-0.05, 0) is 48.5 Å². The third-order valence-corrected chi connectivity index (χ3v) is 7.60. The van der Waals surface area contributed by atoms with Crippen LogP contribution in [0.2, 0.25) is 10.0 Å². The van der Waals surface area contributed by atoms with Crippen LogP contribution in [0.1, 0.15) is 9.59 Å². The van der Waals surface area contributed by atoms with Gasteiger partial charge in [0.2, 0.25) is 5.91 Å². The average Bonchev–Trinajstić information content (AvgIpc) is 2.87. The quantitative estimate of drug-likeness (QED) is 0.0593. The van der Waals surface area contributed by atoms with E-state index in [2.05, 4.69) is 0 Å². The number of halogens is 2. The molecular formula is C24H10Cl2N2Na2O10S2. The van der Waals surface area contributed by atoms with Crippen LogP contribution in [0.15, 0.2) is 58.1 Å². The molecule has 0 bridgehead atoms. The molecule has 0 amide bonds. The normalized spacial score (nSPS) is 12.2. The van der Waals surface area contributed by atoms with E-state index in [-0.39, 0.29) is 113 Å². The number of fused-ring (bicyclic) bond motifs is 4. The summed E-state index contributed by atoms with van der Waals surface area (Å²) in [5.74, 6) is -4.34. The molecule has 0 saturated carbocycles. The van der Waals surface area contributed by atoms with Gasteiger partial charge in [0.1, 0.15) is 15.9 Å². The number of pyridine rings is 2. The van der Waals surface area contributed by atoms with Crippen LogP contribution >= 0.6 is 23.2 Å². The van der Waals surface area contributed by atoms with Crippen molar-refractivity contribution >= 4 is 105 Å². The minimum atomic E-state index is -5.09. The van der Waals surface area contributed by atoms with Crippen LogP contribution in [-0.4, -0.2) is 53.5 Å². The molecule has 0 aliphatic carbocycles. The second-order valence-electron chi connectivity index (χ2n) is 8.46. The van der Waals surface area contributed by atoms with E-state index in [1.807, 2.05) is 0 Å². The molecule has 2 heterocycles. The third-order valence-electron chi connectivity index (χ3n) is 6.05. The Morgan fingerprint density at radius 3 is 1.57 bits per heavy atom. The molecule has 5 aromatic rings. The summed E-state index contributed by atoms with van der Waals surface area (Å²) in [5.41, 5.74) is -2.57. The fourth-order valence-electron chi connectivity index (χ4n) is 4.50. The summed E-state index contributed by atoms with van der Waals surface area (Å²) in [6.45, 7) is 0. The maximum atomic E-state index is 13.5. The molecule has 42 heavy (non-hydrogen) atoms. The minimum Gasteiger partial charge on any atom is -0.766 e. The summed E-state index contributed by atoms with van der Waals surface area (Å²) in [7, 11) is -5.09. The van der Waals surface area contributed by atoms with Crippen molar-refractivity contribution < 1.29 is 95.2 Å². The van der Waals surface area contributed by atoms with Crippen molar-refractivity contribution in [2.45, 2.75) is 0 Å². The summed E-state index contributed by atoms with van der Waals surface area (Å²) in [5, 5.41) is -2.83. The molecule has 0 fully saturated rings. The number of benzene rings is 3. The molecule has 1 atom stereocenters. The predicted octanol–water partition coefficient (Wildman–Crippen LogP) is -3.83. The molecule has 2 aromatic heterocycles. The minimum absolute atomic E-state index is 0. The number of rotatable bonds is 2. The Bertz CT molecular complexity index is 2290. The van der Waals surface area contributed by atoms with Gasteiger partial charge in [0.15, 0.2) is 10.9 Å². The van der Waals surface area contributed by atoms with E-state index in [0.717, 1.165) is 22.8 Å². The Morgan fingerprint density at radius 2 is 1.14 bits per heavy atom. The zero-order valence-corrected chi connectivity index (χ0v) is 28.5. The molecule has 0 saturated heterocycles. The van der Waals surface area contributed by atoms with Gasteiger partial charge in [-0.2, -0.15) is 0 Å². The number of nitrogens with zero attached hydrogens (tertiary/aromatic N) is 2. The topological polar surface area (TPSA) is 193 Å². The van der Waals surface area contributed by atoms with Crippen LogP contribution in [-0.2, 0) is 26.0 Å². The van der Waals surface area contributed by atoms with Crippen LogP contribution in [0.5, 0.6) is 0 Å². The SMILES string of the molecule is O=C(CS(=O)(=O)[O-])n1c2ccc(Cl)cc2c(=O)c2cc3c(cc21)c(=O)c1cc(Cl)ccc1n3C(=O)C(=O)S(=O)[O-].[Na+].[Na+]. The van der Waals surface area contributed by atoms with Crippen molar-refractivity contribution in [3.8, 4) is 0 Å². The first-order valence-electron chi connectivity index (χ1n) is 10.8. The van der Waals surface area contributed by atoms with E-state index >= 15 is 0 Å². The molecule has 0 spiro atoms. The van der Waals surface area contributed by atoms with E-state index in [1.165, 1.54) is 30.3 Å². The molecule has 0 radical (unpaired) electrons. The molecule has 1 unspecified atom stereocenters. The molecule has 5 rings (SSSR count). The smallest absolute Gasteiger partial charge is 0.766 e. The van der Waals surface area contributed by atoms with Crippen LogP contribution < -0.4 is 70.0 Å². The summed E-state index contributed by atoms with van der Waals surface area (Å²) < 4.78 is 58.4. The predicted molar refractivity (Wildman–Crippen MR) is 145 cm³/mol. The Balaban J connectivity index is 0.00000242. The zero-order valence-electron chi connectivity index (χ0n) is 21.4. The molecule has 12 nitrogen and oxygen atoms in total. The van der Waals surface area contributed by atoms with Crippen molar-refractivity contribution in [2.75, 3.05) is 5.75 Å². The van der Waals surface area contributed by atoms with Gasteiger partial charge in [0, 0.05) is 42.7 Å². The molecule has 0 aliphatic heterocycles. The Kier molecular flexibility index (Phi) is 10.5. The third kappa shape index (κ3) is 6.09. The maximum Gasteiger partial charge on any atom is 1.00 e. The zero-order chi connectivity index (χ0) is 29.3. The van der Waals surface area contributed by atoms with Gasteiger partial charge in [0.25, 0.3) is 5.12 Å². The van der Waals surface area contributed by atoms with Gasteiger partial charge in [-0.3, -0.25) is 37.3 Å². The largest absolute Gasteiger partial charge is 1.00 e. The van der Waals surface area contributed by atoms with Crippen LogP contribution in [0.3, 0.4) is 0 Å². The second kappa shape index (κ2) is 12.7. The molecule has 0 N–H and O–H groups in total. The van der Waals surface area contributed by atoms with Crippen molar-refractivity contribution in [3.63, 3.8) is 0 Å². The Hall–Kier alpha value is -1.79. The van der Waals surface area contributed by atoms with E-state index in [9.17, 15) is 45.7 Å². The monoisotopic (exact) mass is 666 g/mol. The number of carbonyl (C=O) groups excluding carboxylic acids is 3. The molecule has 18 heteroatoms. The maximum absolute atomic E-state index is 13.5. The summed E-state index contributed by atoms with van der Waals surface area (Å²) in [6.07, 6.45) is 0. The van der Waals surface area contributed by atoms with Gasteiger partial charge in [-0.15, -0.1) is 0 Å². The van der Waals surface area contributed by atoms with Gasteiger partial charge >= 0.3 is 65.0 Å². The Morgan fingerprint density at radius 1 is 0.738 bits per heavy atom. The van der Waals surface area contributed by atoms with Crippen LogP contribution in [0.25, 0.3) is 43.6 Å². The molecule has 204 valence electrons. The van der Waals surface area contributed by atoms with Gasteiger partial charge in [-0.25, -0.2) is 8.42 Å². The standard InChI is InChI=1S/C24H12Cl2N2O10S2.2Na/c25-10-1-3-16-12(5-10)21(30)14-8-19-15(7-18(14)27(16)20(29)9-40(36,37)38)22(31)13-6-11(26)2-4-17(13)28(19)23(32)24(33)39(34)35;;/h1-8H,9H2,(H,34,35)(H,36,37,38);;/q;2*+1/p-2. The summed E-state index contributed by atoms with van der Waals surface area (Å²) in [6, 6.07) is 9.35. The van der Waals surface area contributed by atoms with Crippen molar-refractivity contribution in [3.05, 3.63) is 79.0 Å². The van der Waals surface area contributed by atoms with E-state index < -0.39 is 54.7 Å². The van der Waals surface area contributed by atoms with E-state index in [1.54, 1.807) is 0 Å². The summed E-state index contributed by atoms with van der Waals surface area (Å²) >= 11 is 8.57. The fourth-order valence-corrected chi connectivity index (χ4v) is 5.51. The van der Waals surface area contributed by atoms with Crippen LogP contribution in [0.4, 0.5) is 0 Å². The number of carbonyl (C=O) groups is 3. The first-order valence-corrected chi connectivity index (χ1v) is 14.2. The number of aromatic nitrogens is 2. The van der Waals surface area contributed by atoms with Crippen molar-refractivity contribution in [2.24, 2.45) is 0 Å². The Labute approximate surface area is 291 Å². The van der Waals surface area contributed by atoms with Gasteiger partial charge < -0.3 is 9.11 Å². The number of hydrogen-bond acceptors (Lipinski definition) is 10. The molecular weight excluding hydrogens is 657 g/mol.